The van der Waals surface area contributed by atoms with Gasteiger partial charge in [0.25, 0.3) is 0 Å². The third-order valence-electron chi connectivity index (χ3n) is 4.54. The number of amidine groups is 1. The lowest BCUT2D eigenvalue weighted by molar-refractivity contribution is 0.580. The molecule has 0 radical (unpaired) electrons. The Morgan fingerprint density at radius 2 is 2.00 bits per heavy atom. The highest BCUT2D eigenvalue weighted by Crippen LogP contribution is 2.26. The Morgan fingerprint density at radius 3 is 2.67 bits per heavy atom. The zero-order valence-electron chi connectivity index (χ0n) is 15.4. The van der Waals surface area contributed by atoms with E-state index < -0.39 is 0 Å². The first-order valence-electron chi connectivity index (χ1n) is 9.15. The van der Waals surface area contributed by atoms with Crippen LogP contribution in [0.25, 0.3) is 22.7 Å². The molecule has 1 unspecified atom stereocenters. The lowest BCUT2D eigenvalue weighted by atomic mass is 10.1. The zero-order valence-corrected chi connectivity index (χ0v) is 15.4. The van der Waals surface area contributed by atoms with Gasteiger partial charge < -0.3 is 9.73 Å². The number of rotatable bonds is 5. The number of pyridine rings is 1. The fourth-order valence-corrected chi connectivity index (χ4v) is 3.15. The summed E-state index contributed by atoms with van der Waals surface area (Å²) in [6, 6.07) is 9.73. The molecule has 6 nitrogen and oxygen atoms in total. The smallest absolute Gasteiger partial charge is 0.229 e. The summed E-state index contributed by atoms with van der Waals surface area (Å²) >= 11 is 0. The highest BCUT2D eigenvalue weighted by atomic mass is 16.3. The van der Waals surface area contributed by atoms with Crippen LogP contribution in [0.5, 0.6) is 0 Å². The summed E-state index contributed by atoms with van der Waals surface area (Å²) in [5.41, 5.74) is 3.73. The van der Waals surface area contributed by atoms with E-state index >= 15 is 0 Å². The molecule has 4 heterocycles. The minimum atomic E-state index is 0.239. The fourth-order valence-electron chi connectivity index (χ4n) is 3.15. The molecule has 0 amide bonds. The quantitative estimate of drug-likeness (QED) is 0.712. The van der Waals surface area contributed by atoms with Crippen molar-refractivity contribution in [2.24, 2.45) is 4.99 Å². The van der Waals surface area contributed by atoms with E-state index in [1.807, 2.05) is 30.3 Å². The molecule has 4 rings (SSSR count). The normalized spacial score (nSPS) is 16.1. The molecule has 27 heavy (non-hydrogen) atoms. The lowest BCUT2D eigenvalue weighted by Crippen LogP contribution is -2.11. The molecule has 3 aromatic heterocycles. The van der Waals surface area contributed by atoms with E-state index in [2.05, 4.69) is 40.2 Å². The molecule has 1 N–H and O–H groups in total. The molecule has 136 valence electrons. The number of aliphatic imine (C=N–C) groups is 1. The molecule has 6 heteroatoms. The number of aromatic nitrogens is 3. The average Bonchev–Trinajstić information content (AvgIpc) is 3.38. The van der Waals surface area contributed by atoms with Crippen LogP contribution >= 0.6 is 0 Å². The van der Waals surface area contributed by atoms with E-state index in [1.54, 1.807) is 18.7 Å². The third kappa shape index (κ3) is 3.65. The first-order chi connectivity index (χ1) is 13.3. The number of hydrogen-bond acceptors (Lipinski definition) is 6. The van der Waals surface area contributed by atoms with Gasteiger partial charge in [0.2, 0.25) is 5.95 Å². The second kappa shape index (κ2) is 7.53. The van der Waals surface area contributed by atoms with Crippen molar-refractivity contribution < 1.29 is 4.42 Å². The summed E-state index contributed by atoms with van der Waals surface area (Å²) in [7, 11) is 0. The maximum Gasteiger partial charge on any atom is 0.229 e. The van der Waals surface area contributed by atoms with Gasteiger partial charge in [0, 0.05) is 18.0 Å². The fraction of sp³-hybridized carbons (Fsp3) is 0.238. The molecule has 1 aliphatic rings. The van der Waals surface area contributed by atoms with E-state index in [4.69, 9.17) is 9.41 Å². The Balaban J connectivity index is 1.72. The third-order valence-corrected chi connectivity index (χ3v) is 4.54. The van der Waals surface area contributed by atoms with Gasteiger partial charge in [0.15, 0.2) is 5.76 Å². The van der Waals surface area contributed by atoms with Crippen molar-refractivity contribution in [1.29, 1.82) is 0 Å². The average molecular weight is 359 g/mol. The standard InChI is InChI=1S/C21H21N5O/c1-3-14-11-20(23-16(14)4-2)26-21-24-17(15-7-5-9-22-13-15)12-18(25-21)19-8-6-10-27-19/h5-13,16H,3-4H2,1-2H3,(H,23,24,25,26). The Labute approximate surface area is 158 Å². The first-order valence-corrected chi connectivity index (χ1v) is 9.15. The summed E-state index contributed by atoms with van der Waals surface area (Å²) in [6.45, 7) is 4.30. The maximum atomic E-state index is 5.53. The Morgan fingerprint density at radius 1 is 1.11 bits per heavy atom. The van der Waals surface area contributed by atoms with E-state index in [1.165, 1.54) is 5.57 Å². The minimum Gasteiger partial charge on any atom is -0.463 e. The number of furan rings is 1. The zero-order chi connectivity index (χ0) is 18.6. The van der Waals surface area contributed by atoms with Crippen molar-refractivity contribution in [3.8, 4) is 22.7 Å². The van der Waals surface area contributed by atoms with Crippen LogP contribution in [0.4, 0.5) is 5.95 Å². The van der Waals surface area contributed by atoms with Crippen molar-refractivity contribution in [3.63, 3.8) is 0 Å². The number of hydrogen-bond donors (Lipinski definition) is 1. The number of nitrogens with one attached hydrogen (secondary N) is 1. The van der Waals surface area contributed by atoms with Crippen molar-refractivity contribution in [3.05, 3.63) is 60.6 Å². The van der Waals surface area contributed by atoms with Crippen LogP contribution in [0.3, 0.4) is 0 Å². The SMILES string of the molecule is CCC1=CC(Nc2nc(-c3cccnc3)cc(-c3ccco3)n2)=NC1CC. The lowest BCUT2D eigenvalue weighted by Gasteiger charge is -2.08. The summed E-state index contributed by atoms with van der Waals surface area (Å²) in [5.74, 6) is 1.98. The van der Waals surface area contributed by atoms with Gasteiger partial charge in [-0.25, -0.2) is 9.97 Å². The predicted molar refractivity (Wildman–Crippen MR) is 106 cm³/mol. The van der Waals surface area contributed by atoms with Crippen LogP contribution in [0.1, 0.15) is 26.7 Å². The molecule has 0 aliphatic carbocycles. The monoisotopic (exact) mass is 359 g/mol. The molecule has 0 fully saturated rings. The molecule has 1 aliphatic heterocycles. The van der Waals surface area contributed by atoms with Gasteiger partial charge in [-0.3, -0.25) is 9.98 Å². The van der Waals surface area contributed by atoms with E-state index in [-0.39, 0.29) is 6.04 Å². The van der Waals surface area contributed by atoms with Gasteiger partial charge in [-0.1, -0.05) is 13.8 Å². The van der Waals surface area contributed by atoms with Gasteiger partial charge in [0.05, 0.1) is 18.0 Å². The van der Waals surface area contributed by atoms with Crippen LogP contribution in [-0.2, 0) is 0 Å². The van der Waals surface area contributed by atoms with Gasteiger partial charge in [-0.2, -0.15) is 0 Å². The topological polar surface area (TPSA) is 76.2 Å². The van der Waals surface area contributed by atoms with Gasteiger partial charge in [-0.15, -0.1) is 0 Å². The molecular weight excluding hydrogens is 338 g/mol. The molecule has 0 saturated heterocycles. The molecule has 0 aromatic carbocycles. The predicted octanol–water partition coefficient (Wildman–Crippen LogP) is 4.74. The van der Waals surface area contributed by atoms with Gasteiger partial charge in [0.1, 0.15) is 11.5 Å². The molecule has 0 bridgehead atoms. The van der Waals surface area contributed by atoms with Crippen LogP contribution in [-0.4, -0.2) is 26.8 Å². The molecule has 0 spiro atoms. The summed E-state index contributed by atoms with van der Waals surface area (Å²) in [5, 5.41) is 3.27. The number of anilines is 1. The van der Waals surface area contributed by atoms with Crippen molar-refractivity contribution >= 4 is 11.8 Å². The molecule has 1 atom stereocenters. The first kappa shape index (κ1) is 17.1. The van der Waals surface area contributed by atoms with Crippen molar-refractivity contribution in [2.75, 3.05) is 5.32 Å². The largest absolute Gasteiger partial charge is 0.463 e. The number of nitrogens with zero attached hydrogens (tertiary/aromatic N) is 4. The Kier molecular flexibility index (Phi) is 4.78. The molecule has 3 aromatic rings. The van der Waals surface area contributed by atoms with Crippen LogP contribution < -0.4 is 5.32 Å². The maximum absolute atomic E-state index is 5.53. The van der Waals surface area contributed by atoms with Crippen molar-refractivity contribution in [1.82, 2.24) is 15.0 Å². The Hall–Kier alpha value is -3.28. The second-order valence-corrected chi connectivity index (χ2v) is 6.32. The minimum absolute atomic E-state index is 0.239. The van der Waals surface area contributed by atoms with E-state index in [9.17, 15) is 0 Å². The van der Waals surface area contributed by atoms with Crippen LogP contribution in [0, 0.1) is 0 Å². The summed E-state index contributed by atoms with van der Waals surface area (Å²) in [4.78, 5) is 18.2. The van der Waals surface area contributed by atoms with Crippen LogP contribution in [0.15, 0.2) is 70.0 Å². The molecule has 0 saturated carbocycles. The highest BCUT2D eigenvalue weighted by molar-refractivity contribution is 6.05. The van der Waals surface area contributed by atoms with E-state index in [0.29, 0.717) is 17.4 Å². The molecular formula is C21H21N5O. The van der Waals surface area contributed by atoms with Crippen molar-refractivity contribution in [2.45, 2.75) is 32.7 Å². The van der Waals surface area contributed by atoms with Gasteiger partial charge >= 0.3 is 0 Å². The summed E-state index contributed by atoms with van der Waals surface area (Å²) in [6.07, 6.45) is 9.23. The van der Waals surface area contributed by atoms with Gasteiger partial charge in [-0.05, 0) is 54.8 Å². The highest BCUT2D eigenvalue weighted by Gasteiger charge is 2.19. The van der Waals surface area contributed by atoms with Crippen LogP contribution in [0.2, 0.25) is 0 Å². The Bertz CT molecular complexity index is 977. The second-order valence-electron chi connectivity index (χ2n) is 6.32. The summed E-state index contributed by atoms with van der Waals surface area (Å²) < 4.78 is 5.53. The van der Waals surface area contributed by atoms with E-state index in [0.717, 1.165) is 29.9 Å².